The molecule has 0 aliphatic carbocycles. The van der Waals surface area contributed by atoms with Gasteiger partial charge in [-0.3, -0.25) is 0 Å². The van der Waals surface area contributed by atoms with Crippen LogP contribution in [0.3, 0.4) is 0 Å². The fourth-order valence-corrected chi connectivity index (χ4v) is 3.32. The van der Waals surface area contributed by atoms with Crippen LogP contribution < -0.4 is 15.5 Å². The van der Waals surface area contributed by atoms with Crippen LogP contribution in [0.25, 0.3) is 0 Å². The largest absolute Gasteiger partial charge is 0.492 e. The maximum Gasteiger partial charge on any atom is 0.492 e. The maximum atomic E-state index is 12.3. The number of methoxy groups -OCH3 is 1. The lowest BCUT2D eigenvalue weighted by Gasteiger charge is -2.24. The maximum absolute atomic E-state index is 12.3. The van der Waals surface area contributed by atoms with E-state index in [-0.39, 0.29) is 37.1 Å². The molecule has 1 heterocycles. The van der Waals surface area contributed by atoms with Gasteiger partial charge in [-0.1, -0.05) is 18.2 Å². The number of amides is 1. The van der Waals surface area contributed by atoms with Crippen molar-refractivity contribution in [3.63, 3.8) is 0 Å². The minimum Gasteiger partial charge on any atom is -0.491 e. The standard InChI is InChI=1S/C22H34BNO9/c1-22(2,3)33-21(26)24-17(20(25)29-4)14-15-8-7-9-16(23(27)28)19(15)32-13-12-31-18-10-5-6-11-30-18/h7-9,17-18,27-28H,5-6,10-14H2,1-4H3,(H,24,26)/t17-,18?/m1/s1. The summed E-state index contributed by atoms with van der Waals surface area (Å²) in [5, 5.41) is 22.1. The fourth-order valence-electron chi connectivity index (χ4n) is 3.32. The molecule has 1 aliphatic heterocycles. The molecule has 0 spiro atoms. The number of carbonyl (C=O) groups is 2. The molecule has 11 heteroatoms. The molecule has 0 saturated carbocycles. The third-order valence-electron chi connectivity index (χ3n) is 4.78. The molecule has 0 radical (unpaired) electrons. The molecule has 1 unspecified atom stereocenters. The molecule has 1 aliphatic rings. The predicted octanol–water partition coefficient (Wildman–Crippen LogP) is 0.897. The highest BCUT2D eigenvalue weighted by Crippen LogP contribution is 2.20. The quantitative estimate of drug-likeness (QED) is 0.261. The van der Waals surface area contributed by atoms with Crippen LogP contribution in [0.15, 0.2) is 18.2 Å². The molecule has 1 saturated heterocycles. The van der Waals surface area contributed by atoms with Crippen molar-refractivity contribution >= 4 is 24.6 Å². The van der Waals surface area contributed by atoms with Gasteiger partial charge in [0, 0.05) is 18.5 Å². The number of rotatable bonds is 10. The van der Waals surface area contributed by atoms with Gasteiger partial charge >= 0.3 is 19.2 Å². The summed E-state index contributed by atoms with van der Waals surface area (Å²) in [7, 11) is -0.583. The van der Waals surface area contributed by atoms with Crippen molar-refractivity contribution in [2.24, 2.45) is 0 Å². The van der Waals surface area contributed by atoms with Crippen molar-refractivity contribution in [3.8, 4) is 5.75 Å². The molecule has 10 nitrogen and oxygen atoms in total. The zero-order chi connectivity index (χ0) is 24.4. The number of carbonyl (C=O) groups excluding carboxylic acids is 2. The third kappa shape index (κ3) is 9.20. The van der Waals surface area contributed by atoms with E-state index in [4.69, 9.17) is 23.7 Å². The second kappa shape index (κ2) is 12.8. The van der Waals surface area contributed by atoms with E-state index in [1.807, 2.05) is 0 Å². The highest BCUT2D eigenvalue weighted by Gasteiger charge is 2.28. The van der Waals surface area contributed by atoms with E-state index in [0.717, 1.165) is 19.3 Å². The van der Waals surface area contributed by atoms with Crippen LogP contribution in [0.2, 0.25) is 0 Å². The predicted molar refractivity (Wildman–Crippen MR) is 120 cm³/mol. The van der Waals surface area contributed by atoms with E-state index in [9.17, 15) is 19.6 Å². The lowest BCUT2D eigenvalue weighted by Crippen LogP contribution is -2.45. The molecule has 184 valence electrons. The average molecular weight is 467 g/mol. The van der Waals surface area contributed by atoms with E-state index < -0.39 is 30.8 Å². The summed E-state index contributed by atoms with van der Waals surface area (Å²) in [6.45, 7) is 6.14. The van der Waals surface area contributed by atoms with Gasteiger partial charge in [0.2, 0.25) is 0 Å². The Kier molecular flexibility index (Phi) is 10.4. The van der Waals surface area contributed by atoms with Crippen LogP contribution in [0.5, 0.6) is 5.75 Å². The molecule has 2 atom stereocenters. The summed E-state index contributed by atoms with van der Waals surface area (Å²) in [6.07, 6.45) is 1.79. The summed E-state index contributed by atoms with van der Waals surface area (Å²) < 4.78 is 27.1. The molecular weight excluding hydrogens is 433 g/mol. The highest BCUT2D eigenvalue weighted by molar-refractivity contribution is 6.59. The normalized spacial score (nSPS) is 17.1. The zero-order valence-corrected chi connectivity index (χ0v) is 19.7. The second-order valence-electron chi connectivity index (χ2n) is 8.65. The van der Waals surface area contributed by atoms with Crippen molar-refractivity contribution in [1.29, 1.82) is 0 Å². The van der Waals surface area contributed by atoms with E-state index >= 15 is 0 Å². The summed E-state index contributed by atoms with van der Waals surface area (Å²) in [6, 6.07) is 3.69. The fraction of sp³-hybridized carbons (Fsp3) is 0.636. The molecule has 3 N–H and O–H groups in total. The minimum atomic E-state index is -1.79. The number of ether oxygens (including phenoxy) is 5. The van der Waals surface area contributed by atoms with Crippen LogP contribution in [-0.4, -0.2) is 74.1 Å². The Hall–Kier alpha value is -2.34. The molecule has 1 fully saturated rings. The first-order chi connectivity index (χ1) is 15.6. The molecule has 1 aromatic carbocycles. The van der Waals surface area contributed by atoms with Gasteiger partial charge < -0.3 is 39.0 Å². The molecule has 0 aromatic heterocycles. The number of alkyl carbamates (subject to hydrolysis) is 1. The van der Waals surface area contributed by atoms with Gasteiger partial charge in [0.05, 0.1) is 13.7 Å². The number of nitrogens with one attached hydrogen (secondary N) is 1. The number of hydrogen-bond donors (Lipinski definition) is 3. The minimum absolute atomic E-state index is 0.0194. The molecule has 0 bridgehead atoms. The van der Waals surface area contributed by atoms with Crippen LogP contribution in [-0.2, 0) is 30.2 Å². The lowest BCUT2D eigenvalue weighted by atomic mass is 9.78. The Bertz CT molecular complexity index is 776. The molecule has 2 rings (SSSR count). The highest BCUT2D eigenvalue weighted by atomic mass is 16.7. The Morgan fingerprint density at radius 2 is 2.00 bits per heavy atom. The average Bonchev–Trinajstić information content (AvgIpc) is 2.75. The van der Waals surface area contributed by atoms with Gasteiger partial charge in [0.15, 0.2) is 6.29 Å². The second-order valence-corrected chi connectivity index (χ2v) is 8.65. The monoisotopic (exact) mass is 467 g/mol. The first-order valence-electron chi connectivity index (χ1n) is 11.0. The zero-order valence-electron chi connectivity index (χ0n) is 19.7. The van der Waals surface area contributed by atoms with E-state index in [0.29, 0.717) is 12.2 Å². The van der Waals surface area contributed by atoms with Crippen LogP contribution >= 0.6 is 0 Å². The van der Waals surface area contributed by atoms with Crippen LogP contribution in [0, 0.1) is 0 Å². The Balaban J connectivity index is 2.12. The SMILES string of the molecule is COC(=O)[C@@H](Cc1cccc(B(O)O)c1OCCOC1CCCCO1)NC(=O)OC(C)(C)C. The van der Waals surface area contributed by atoms with Crippen molar-refractivity contribution in [1.82, 2.24) is 5.32 Å². The summed E-state index contributed by atoms with van der Waals surface area (Å²) in [5.41, 5.74) is -0.148. The van der Waals surface area contributed by atoms with Crippen molar-refractivity contribution in [3.05, 3.63) is 23.8 Å². The molecule has 1 aromatic rings. The number of para-hydroxylation sites is 1. The van der Waals surface area contributed by atoms with Crippen molar-refractivity contribution in [2.45, 2.75) is 64.4 Å². The van der Waals surface area contributed by atoms with E-state index in [2.05, 4.69) is 5.32 Å². The molecule has 33 heavy (non-hydrogen) atoms. The number of benzene rings is 1. The van der Waals surface area contributed by atoms with Gasteiger partial charge in [0.25, 0.3) is 0 Å². The van der Waals surface area contributed by atoms with Gasteiger partial charge in [-0.25, -0.2) is 9.59 Å². The third-order valence-corrected chi connectivity index (χ3v) is 4.78. The number of esters is 1. The number of hydrogen-bond acceptors (Lipinski definition) is 9. The summed E-state index contributed by atoms with van der Waals surface area (Å²) in [4.78, 5) is 24.5. The van der Waals surface area contributed by atoms with Gasteiger partial charge in [-0.05, 0) is 45.6 Å². The van der Waals surface area contributed by atoms with E-state index in [1.54, 1.807) is 32.9 Å². The lowest BCUT2D eigenvalue weighted by molar-refractivity contribution is -0.165. The van der Waals surface area contributed by atoms with Gasteiger partial charge in [-0.15, -0.1) is 0 Å². The first-order valence-corrected chi connectivity index (χ1v) is 11.0. The van der Waals surface area contributed by atoms with E-state index in [1.165, 1.54) is 13.2 Å². The van der Waals surface area contributed by atoms with Crippen LogP contribution in [0.1, 0.15) is 45.6 Å². The summed E-state index contributed by atoms with van der Waals surface area (Å²) in [5.74, 6) is -0.486. The van der Waals surface area contributed by atoms with Gasteiger partial charge in [-0.2, -0.15) is 0 Å². The first kappa shape index (κ1) is 26.9. The molecular formula is C22H34BNO9. The van der Waals surface area contributed by atoms with Gasteiger partial charge in [0.1, 0.15) is 24.0 Å². The Labute approximate surface area is 194 Å². The topological polar surface area (TPSA) is 133 Å². The smallest absolute Gasteiger partial charge is 0.491 e. The molecule has 1 amide bonds. The Morgan fingerprint density at radius 3 is 2.61 bits per heavy atom. The Morgan fingerprint density at radius 1 is 1.24 bits per heavy atom. The van der Waals surface area contributed by atoms with Crippen molar-refractivity contribution in [2.75, 3.05) is 26.9 Å². The van der Waals surface area contributed by atoms with Crippen molar-refractivity contribution < 1.29 is 43.3 Å². The summed E-state index contributed by atoms with van der Waals surface area (Å²) >= 11 is 0. The van der Waals surface area contributed by atoms with Crippen LogP contribution in [0.4, 0.5) is 4.79 Å².